The molecule has 5 rings (SSSR count). The summed E-state index contributed by atoms with van der Waals surface area (Å²) in [5.41, 5.74) is 12.5. The zero-order valence-corrected chi connectivity index (χ0v) is 19.7. The van der Waals surface area contributed by atoms with Gasteiger partial charge >= 0.3 is 0 Å². The Morgan fingerprint density at radius 2 is 2.00 bits per heavy atom. The van der Waals surface area contributed by atoms with Crippen molar-refractivity contribution in [3.8, 4) is 0 Å². The Morgan fingerprint density at radius 1 is 1.16 bits per heavy atom. The first-order valence-electron chi connectivity index (χ1n) is 11.3. The van der Waals surface area contributed by atoms with Crippen LogP contribution in [0.2, 0.25) is 4.34 Å². The number of aryl methyl sites for hydroxylation is 1. The average molecular weight is 452 g/mol. The molecule has 31 heavy (non-hydrogen) atoms. The number of piperidine rings is 1. The Kier molecular flexibility index (Phi) is 5.80. The van der Waals surface area contributed by atoms with E-state index in [0.717, 1.165) is 61.8 Å². The number of hydrogen-bond donors (Lipinski definition) is 1. The molecule has 5 heteroatoms. The first kappa shape index (κ1) is 21.0. The van der Waals surface area contributed by atoms with Gasteiger partial charge in [-0.3, -0.25) is 0 Å². The predicted molar refractivity (Wildman–Crippen MR) is 133 cm³/mol. The van der Waals surface area contributed by atoms with Crippen molar-refractivity contribution in [3.05, 3.63) is 74.2 Å². The summed E-state index contributed by atoms with van der Waals surface area (Å²) in [6.07, 6.45) is 13.1. The Hall–Kier alpha value is -1.88. The van der Waals surface area contributed by atoms with Crippen LogP contribution in [0, 0.1) is 12.3 Å². The SMILES string of the molecule is Cc1ccc2c(c1)CC1(CCN(C3=C/C=C(/c4ccc(Cl)s4)CCC/C=N\3)CC1)[C@@H]2N. The molecule has 1 aromatic carbocycles. The van der Waals surface area contributed by atoms with Gasteiger partial charge in [0.1, 0.15) is 5.82 Å². The number of nitrogens with two attached hydrogens (primary N) is 1. The molecule has 2 aromatic rings. The van der Waals surface area contributed by atoms with Crippen LogP contribution in [-0.4, -0.2) is 24.2 Å². The second-order valence-corrected chi connectivity index (χ2v) is 10.9. The molecule has 0 radical (unpaired) electrons. The summed E-state index contributed by atoms with van der Waals surface area (Å²) in [5, 5.41) is 0. The molecule has 2 N–H and O–H groups in total. The van der Waals surface area contributed by atoms with Gasteiger partial charge in [-0.05, 0) is 85.8 Å². The van der Waals surface area contributed by atoms with Gasteiger partial charge in [0.05, 0.1) is 4.34 Å². The van der Waals surface area contributed by atoms with Crippen LogP contribution in [0.4, 0.5) is 0 Å². The molecule has 1 fully saturated rings. The van der Waals surface area contributed by atoms with E-state index in [1.807, 2.05) is 6.07 Å². The molecule has 0 saturated carbocycles. The van der Waals surface area contributed by atoms with Crippen LogP contribution >= 0.6 is 22.9 Å². The van der Waals surface area contributed by atoms with Crippen LogP contribution in [0.5, 0.6) is 0 Å². The fraction of sp³-hybridized carbons (Fsp3) is 0.423. The Balaban J connectivity index is 1.34. The Labute approximate surface area is 194 Å². The molecule has 162 valence electrons. The first-order chi connectivity index (χ1) is 15.0. The van der Waals surface area contributed by atoms with Gasteiger partial charge < -0.3 is 10.6 Å². The summed E-state index contributed by atoms with van der Waals surface area (Å²) < 4.78 is 0.849. The van der Waals surface area contributed by atoms with E-state index in [1.165, 1.54) is 27.1 Å². The molecule has 1 atom stereocenters. The van der Waals surface area contributed by atoms with Crippen molar-refractivity contribution in [1.29, 1.82) is 0 Å². The van der Waals surface area contributed by atoms with E-state index in [9.17, 15) is 0 Å². The third-order valence-corrected chi connectivity index (χ3v) is 8.55. The molecule has 1 aliphatic carbocycles. The highest BCUT2D eigenvalue weighted by atomic mass is 35.5. The third kappa shape index (κ3) is 4.13. The number of allylic oxidation sites excluding steroid dienone is 3. The number of fused-ring (bicyclic) bond motifs is 1. The molecule has 1 saturated heterocycles. The fourth-order valence-electron chi connectivity index (χ4n) is 5.40. The van der Waals surface area contributed by atoms with Gasteiger partial charge in [-0.15, -0.1) is 11.3 Å². The van der Waals surface area contributed by atoms with Crippen molar-refractivity contribution < 1.29 is 0 Å². The summed E-state index contributed by atoms with van der Waals surface area (Å²) in [5.74, 6) is 1.08. The summed E-state index contributed by atoms with van der Waals surface area (Å²) in [4.78, 5) is 8.57. The number of rotatable bonds is 2. The summed E-state index contributed by atoms with van der Waals surface area (Å²) in [7, 11) is 0. The van der Waals surface area contributed by atoms with Crippen LogP contribution in [-0.2, 0) is 6.42 Å². The first-order valence-corrected chi connectivity index (χ1v) is 12.5. The highest BCUT2D eigenvalue weighted by Crippen LogP contribution is 2.51. The topological polar surface area (TPSA) is 41.6 Å². The smallest absolute Gasteiger partial charge is 0.128 e. The normalized spacial score (nSPS) is 27.5. The lowest BCUT2D eigenvalue weighted by atomic mass is 9.73. The van der Waals surface area contributed by atoms with Crippen LogP contribution in [0.1, 0.15) is 59.7 Å². The second-order valence-electron chi connectivity index (χ2n) is 9.23. The molecule has 0 bridgehead atoms. The molecular weight excluding hydrogens is 422 g/mol. The largest absolute Gasteiger partial charge is 0.357 e. The van der Waals surface area contributed by atoms with E-state index >= 15 is 0 Å². The lowest BCUT2D eigenvalue weighted by Crippen LogP contribution is -2.43. The number of halogens is 1. The minimum Gasteiger partial charge on any atom is -0.357 e. The molecule has 3 nitrogen and oxygen atoms in total. The summed E-state index contributed by atoms with van der Waals surface area (Å²) >= 11 is 7.84. The van der Waals surface area contributed by atoms with Gasteiger partial charge in [0.25, 0.3) is 0 Å². The highest BCUT2D eigenvalue weighted by Gasteiger charge is 2.46. The van der Waals surface area contributed by atoms with Gasteiger partial charge in [0, 0.05) is 30.2 Å². The van der Waals surface area contributed by atoms with Gasteiger partial charge in [-0.2, -0.15) is 0 Å². The minimum atomic E-state index is 0.151. The predicted octanol–water partition coefficient (Wildman–Crippen LogP) is 6.53. The number of aliphatic imine (C=N–C) groups is 1. The van der Waals surface area contributed by atoms with Crippen LogP contribution in [0.15, 0.2) is 53.3 Å². The highest BCUT2D eigenvalue weighted by molar-refractivity contribution is 7.17. The third-order valence-electron chi connectivity index (χ3n) is 7.25. The number of benzene rings is 1. The van der Waals surface area contributed by atoms with E-state index in [1.54, 1.807) is 11.3 Å². The zero-order chi connectivity index (χ0) is 21.4. The standard InChI is InChI=1S/C26H30ClN3S/c1-18-5-7-21-20(16-18)17-26(25(21)28)11-14-30(15-12-26)24-10-6-19(4-2-3-13-29-24)22-8-9-23(27)31-22/h5-10,13,16,25H,2-4,11-12,14-15,17,28H2,1H3/b19-6+,24-10+,29-13-/t25-/m1/s1. The Bertz CT molecular complexity index is 1060. The monoisotopic (exact) mass is 451 g/mol. The number of nitrogens with zero attached hydrogens (tertiary/aromatic N) is 2. The van der Waals surface area contributed by atoms with Crippen molar-refractivity contribution in [2.24, 2.45) is 16.1 Å². The van der Waals surface area contributed by atoms with Crippen molar-refractivity contribution >= 4 is 34.7 Å². The average Bonchev–Trinajstić information content (AvgIpc) is 3.33. The lowest BCUT2D eigenvalue weighted by molar-refractivity contribution is 0.109. The molecule has 1 aromatic heterocycles. The molecule has 3 aliphatic rings. The summed E-state index contributed by atoms with van der Waals surface area (Å²) in [6.45, 7) is 4.20. The van der Waals surface area contributed by atoms with Crippen molar-refractivity contribution in [2.45, 2.75) is 51.5 Å². The fourth-order valence-corrected chi connectivity index (χ4v) is 6.50. The molecule has 2 aliphatic heterocycles. The van der Waals surface area contributed by atoms with Crippen molar-refractivity contribution in [3.63, 3.8) is 0 Å². The molecule has 0 amide bonds. The second kappa shape index (κ2) is 8.57. The van der Waals surface area contributed by atoms with Gasteiger partial charge in [0.15, 0.2) is 0 Å². The number of hydrogen-bond acceptors (Lipinski definition) is 4. The van der Waals surface area contributed by atoms with E-state index in [2.05, 4.69) is 54.5 Å². The Morgan fingerprint density at radius 3 is 2.77 bits per heavy atom. The lowest BCUT2D eigenvalue weighted by Gasteiger charge is -2.43. The van der Waals surface area contributed by atoms with E-state index in [4.69, 9.17) is 22.3 Å². The van der Waals surface area contributed by atoms with Crippen molar-refractivity contribution in [2.75, 3.05) is 13.1 Å². The van der Waals surface area contributed by atoms with E-state index in [0.29, 0.717) is 0 Å². The van der Waals surface area contributed by atoms with Gasteiger partial charge in [0.2, 0.25) is 0 Å². The minimum absolute atomic E-state index is 0.151. The van der Waals surface area contributed by atoms with Crippen LogP contribution in [0.3, 0.4) is 0 Å². The molecule has 0 unspecified atom stereocenters. The number of likely N-dealkylation sites (tertiary alicyclic amines) is 1. The van der Waals surface area contributed by atoms with E-state index < -0.39 is 0 Å². The van der Waals surface area contributed by atoms with Crippen LogP contribution in [0.25, 0.3) is 5.57 Å². The maximum absolute atomic E-state index is 6.80. The number of thiophene rings is 1. The maximum atomic E-state index is 6.80. The molecular formula is C26H30ClN3S. The van der Waals surface area contributed by atoms with Gasteiger partial charge in [-0.25, -0.2) is 4.99 Å². The molecule has 1 spiro atoms. The summed E-state index contributed by atoms with van der Waals surface area (Å²) in [6, 6.07) is 11.1. The quantitative estimate of drug-likeness (QED) is 0.564. The zero-order valence-electron chi connectivity index (χ0n) is 18.1. The van der Waals surface area contributed by atoms with Crippen LogP contribution < -0.4 is 5.73 Å². The van der Waals surface area contributed by atoms with Crippen molar-refractivity contribution in [1.82, 2.24) is 4.90 Å². The van der Waals surface area contributed by atoms with Gasteiger partial charge in [-0.1, -0.05) is 41.4 Å². The van der Waals surface area contributed by atoms with E-state index in [-0.39, 0.29) is 11.5 Å². The maximum Gasteiger partial charge on any atom is 0.128 e. The molecule has 3 heterocycles.